The number of amides is 1. The zero-order valence-electron chi connectivity index (χ0n) is 10.9. The summed E-state index contributed by atoms with van der Waals surface area (Å²) in [5.74, 6) is -0.996. The number of nitrogens with two attached hydrogens (primary N) is 1. The van der Waals surface area contributed by atoms with E-state index < -0.39 is 12.0 Å². The molecule has 18 heavy (non-hydrogen) atoms. The van der Waals surface area contributed by atoms with Gasteiger partial charge in [0, 0.05) is 0 Å². The van der Waals surface area contributed by atoms with E-state index in [9.17, 15) is 9.59 Å². The Labute approximate surface area is 108 Å². The summed E-state index contributed by atoms with van der Waals surface area (Å²) in [5.41, 5.74) is 4.85. The summed E-state index contributed by atoms with van der Waals surface area (Å²) in [6.07, 6.45) is 0.802. The largest absolute Gasteiger partial charge is 0.480 e. The SMILES string of the molecule is CCC(NC=O)C(=O)O.CCN.c1ccccc1. The predicted octanol–water partition coefficient (Wildman–Crippen LogP) is 1.25. The number of carboxylic acid groups (broad SMARTS) is 1. The van der Waals surface area contributed by atoms with Crippen LogP contribution < -0.4 is 11.1 Å². The minimum Gasteiger partial charge on any atom is -0.480 e. The van der Waals surface area contributed by atoms with Gasteiger partial charge in [-0.1, -0.05) is 50.2 Å². The number of aliphatic carboxylic acids is 1. The Hall–Kier alpha value is -1.88. The Bertz CT molecular complexity index is 265. The zero-order chi connectivity index (χ0) is 14.2. The maximum Gasteiger partial charge on any atom is 0.326 e. The second kappa shape index (κ2) is 15.1. The van der Waals surface area contributed by atoms with Crippen molar-refractivity contribution in [2.75, 3.05) is 6.54 Å². The Morgan fingerprint density at radius 1 is 1.22 bits per heavy atom. The molecule has 1 amide bonds. The van der Waals surface area contributed by atoms with E-state index in [-0.39, 0.29) is 0 Å². The molecule has 0 saturated carbocycles. The van der Waals surface area contributed by atoms with Crippen LogP contribution in [0.1, 0.15) is 20.3 Å². The van der Waals surface area contributed by atoms with E-state index in [0.29, 0.717) is 12.8 Å². The van der Waals surface area contributed by atoms with Gasteiger partial charge in [0.05, 0.1) is 0 Å². The molecule has 0 aliphatic heterocycles. The number of hydrogen-bond acceptors (Lipinski definition) is 3. The molecule has 1 aromatic carbocycles. The summed E-state index contributed by atoms with van der Waals surface area (Å²) < 4.78 is 0. The second-order valence-electron chi connectivity index (χ2n) is 3.15. The Kier molecular flexibility index (Phi) is 15.5. The van der Waals surface area contributed by atoms with E-state index in [1.54, 1.807) is 6.92 Å². The topological polar surface area (TPSA) is 92.4 Å². The molecular weight excluding hydrogens is 232 g/mol. The van der Waals surface area contributed by atoms with Crippen molar-refractivity contribution in [3.63, 3.8) is 0 Å². The second-order valence-corrected chi connectivity index (χ2v) is 3.15. The van der Waals surface area contributed by atoms with Crippen LogP contribution in [0.4, 0.5) is 0 Å². The van der Waals surface area contributed by atoms with Crippen molar-refractivity contribution in [3.05, 3.63) is 36.4 Å². The van der Waals surface area contributed by atoms with Crippen LogP contribution in [0.25, 0.3) is 0 Å². The van der Waals surface area contributed by atoms with E-state index in [2.05, 4.69) is 5.32 Å². The van der Waals surface area contributed by atoms with Crippen LogP contribution in [0, 0.1) is 0 Å². The molecule has 1 aromatic rings. The maximum atomic E-state index is 10.1. The third-order valence-electron chi connectivity index (χ3n) is 1.64. The Morgan fingerprint density at radius 3 is 1.67 bits per heavy atom. The highest BCUT2D eigenvalue weighted by molar-refractivity contribution is 5.75. The molecule has 1 rings (SSSR count). The van der Waals surface area contributed by atoms with Gasteiger partial charge < -0.3 is 16.2 Å². The average Bonchev–Trinajstić information content (AvgIpc) is 2.39. The monoisotopic (exact) mass is 254 g/mol. The number of hydrogen-bond donors (Lipinski definition) is 3. The highest BCUT2D eigenvalue weighted by Crippen LogP contribution is 1.87. The van der Waals surface area contributed by atoms with Gasteiger partial charge in [-0.2, -0.15) is 0 Å². The smallest absolute Gasteiger partial charge is 0.326 e. The summed E-state index contributed by atoms with van der Waals surface area (Å²) in [7, 11) is 0. The number of rotatable bonds is 4. The quantitative estimate of drug-likeness (QED) is 0.705. The Morgan fingerprint density at radius 2 is 1.56 bits per heavy atom. The lowest BCUT2D eigenvalue weighted by Crippen LogP contribution is -2.34. The summed E-state index contributed by atoms with van der Waals surface area (Å²) >= 11 is 0. The van der Waals surface area contributed by atoms with Crippen LogP contribution in [0.15, 0.2) is 36.4 Å². The summed E-state index contributed by atoms with van der Waals surface area (Å²) in [4.78, 5) is 19.8. The van der Waals surface area contributed by atoms with Gasteiger partial charge >= 0.3 is 5.97 Å². The molecule has 0 aliphatic carbocycles. The van der Waals surface area contributed by atoms with Crippen LogP contribution >= 0.6 is 0 Å². The molecule has 0 aliphatic rings. The fraction of sp³-hybridized carbons (Fsp3) is 0.385. The van der Waals surface area contributed by atoms with Crippen molar-refractivity contribution in [2.24, 2.45) is 5.73 Å². The van der Waals surface area contributed by atoms with Gasteiger partial charge in [0.1, 0.15) is 6.04 Å². The summed E-state index contributed by atoms with van der Waals surface area (Å²) in [6.45, 7) is 4.34. The first kappa shape index (κ1) is 18.5. The maximum absolute atomic E-state index is 10.1. The fourth-order valence-corrected chi connectivity index (χ4v) is 0.831. The van der Waals surface area contributed by atoms with E-state index in [1.807, 2.05) is 43.3 Å². The molecule has 102 valence electrons. The Balaban J connectivity index is 0. The molecule has 5 nitrogen and oxygen atoms in total. The molecule has 1 atom stereocenters. The third kappa shape index (κ3) is 14.1. The molecule has 0 spiro atoms. The van der Waals surface area contributed by atoms with Crippen molar-refractivity contribution in [1.29, 1.82) is 0 Å². The lowest BCUT2D eigenvalue weighted by atomic mass is 10.2. The number of carboxylic acids is 1. The lowest BCUT2D eigenvalue weighted by Gasteiger charge is -2.05. The number of nitrogens with one attached hydrogen (secondary N) is 1. The van der Waals surface area contributed by atoms with Gasteiger partial charge in [-0.3, -0.25) is 4.79 Å². The third-order valence-corrected chi connectivity index (χ3v) is 1.64. The predicted molar refractivity (Wildman–Crippen MR) is 72.1 cm³/mol. The van der Waals surface area contributed by atoms with Crippen LogP contribution in [0.2, 0.25) is 0 Å². The molecule has 0 radical (unpaired) electrons. The molecule has 0 fully saturated rings. The summed E-state index contributed by atoms with van der Waals surface area (Å²) in [6, 6.07) is 11.3. The van der Waals surface area contributed by atoms with Gasteiger partial charge in [-0.05, 0) is 13.0 Å². The first-order chi connectivity index (χ1) is 8.63. The normalized spacial score (nSPS) is 9.72. The van der Waals surface area contributed by atoms with E-state index in [4.69, 9.17) is 10.8 Å². The molecule has 0 aromatic heterocycles. The minimum absolute atomic E-state index is 0.391. The van der Waals surface area contributed by atoms with Crippen LogP contribution in [0.5, 0.6) is 0 Å². The van der Waals surface area contributed by atoms with Gasteiger partial charge in [0.15, 0.2) is 0 Å². The fourth-order valence-electron chi connectivity index (χ4n) is 0.831. The number of carbonyl (C=O) groups is 2. The van der Waals surface area contributed by atoms with Crippen LogP contribution in [-0.4, -0.2) is 30.1 Å². The van der Waals surface area contributed by atoms with Crippen molar-refractivity contribution in [2.45, 2.75) is 26.3 Å². The molecular formula is C13H22N2O3. The van der Waals surface area contributed by atoms with Crippen molar-refractivity contribution < 1.29 is 14.7 Å². The first-order valence-corrected chi connectivity index (χ1v) is 5.76. The van der Waals surface area contributed by atoms with Crippen molar-refractivity contribution >= 4 is 12.4 Å². The molecule has 4 N–H and O–H groups in total. The van der Waals surface area contributed by atoms with Crippen LogP contribution in [0.3, 0.4) is 0 Å². The zero-order valence-corrected chi connectivity index (χ0v) is 10.9. The lowest BCUT2D eigenvalue weighted by molar-refractivity contribution is -0.140. The molecule has 5 heteroatoms. The number of benzene rings is 1. The van der Waals surface area contributed by atoms with Gasteiger partial charge in [-0.25, -0.2) is 4.79 Å². The number of carbonyl (C=O) groups excluding carboxylic acids is 1. The van der Waals surface area contributed by atoms with Gasteiger partial charge in [0.25, 0.3) is 0 Å². The van der Waals surface area contributed by atoms with Crippen molar-refractivity contribution in [3.8, 4) is 0 Å². The van der Waals surface area contributed by atoms with Crippen molar-refractivity contribution in [1.82, 2.24) is 5.32 Å². The van der Waals surface area contributed by atoms with Gasteiger partial charge in [-0.15, -0.1) is 0 Å². The van der Waals surface area contributed by atoms with E-state index >= 15 is 0 Å². The highest BCUT2D eigenvalue weighted by Gasteiger charge is 2.11. The standard InChI is InChI=1S/C6H6.C5H9NO3.C2H7N/c1-2-4-6-5-3-1;1-2-4(5(8)9)6-3-7;1-2-3/h1-6H;3-4H,2H2,1H3,(H,6,7)(H,8,9);2-3H2,1H3. The highest BCUT2D eigenvalue weighted by atomic mass is 16.4. The molecule has 0 saturated heterocycles. The minimum atomic E-state index is -0.996. The van der Waals surface area contributed by atoms with E-state index in [0.717, 1.165) is 6.54 Å². The first-order valence-electron chi connectivity index (χ1n) is 5.76. The van der Waals surface area contributed by atoms with Crippen LogP contribution in [-0.2, 0) is 9.59 Å². The van der Waals surface area contributed by atoms with E-state index in [1.165, 1.54) is 0 Å². The summed E-state index contributed by atoms with van der Waals surface area (Å²) in [5, 5.41) is 10.4. The molecule has 0 heterocycles. The molecule has 0 bridgehead atoms. The average molecular weight is 254 g/mol. The van der Waals surface area contributed by atoms with Gasteiger partial charge in [0.2, 0.25) is 6.41 Å². The molecule has 1 unspecified atom stereocenters.